The number of hydrogen-bond donors (Lipinski definition) is 2. The van der Waals surface area contributed by atoms with Crippen LogP contribution in [0.5, 0.6) is 5.75 Å². The van der Waals surface area contributed by atoms with Crippen molar-refractivity contribution >= 4 is 29.1 Å². The van der Waals surface area contributed by atoms with Gasteiger partial charge in [0.05, 0.1) is 20.1 Å². The number of carbonyl (C=O) groups is 3. The van der Waals surface area contributed by atoms with E-state index in [1.807, 2.05) is 48.5 Å². The molecule has 2 saturated heterocycles. The molecule has 4 rings (SSSR count). The second-order valence-electron chi connectivity index (χ2n) is 9.88. The minimum atomic E-state index is -0.809. The van der Waals surface area contributed by atoms with Gasteiger partial charge in [-0.15, -0.1) is 0 Å². The first kappa shape index (κ1) is 26.5. The van der Waals surface area contributed by atoms with Crippen LogP contribution in [-0.2, 0) is 14.4 Å². The molecule has 0 spiro atoms. The molecule has 198 valence electrons. The van der Waals surface area contributed by atoms with E-state index < -0.39 is 6.04 Å². The number of carbonyl (C=O) groups excluding carboxylic acids is 3. The third-order valence-corrected chi connectivity index (χ3v) is 7.06. The summed E-state index contributed by atoms with van der Waals surface area (Å²) in [5.41, 5.74) is 2.99. The highest BCUT2D eigenvalue weighted by atomic mass is 16.5. The van der Waals surface area contributed by atoms with Crippen molar-refractivity contribution < 1.29 is 19.1 Å². The Labute approximate surface area is 218 Å². The van der Waals surface area contributed by atoms with E-state index >= 15 is 0 Å². The van der Waals surface area contributed by atoms with E-state index in [-0.39, 0.29) is 30.7 Å². The summed E-state index contributed by atoms with van der Waals surface area (Å²) in [6, 6.07) is 14.9. The van der Waals surface area contributed by atoms with Gasteiger partial charge in [-0.3, -0.25) is 19.3 Å². The average Bonchev–Trinajstić information content (AvgIpc) is 2.90. The normalized spacial score (nSPS) is 18.5. The van der Waals surface area contributed by atoms with Crippen LogP contribution in [0.15, 0.2) is 48.5 Å². The maximum Gasteiger partial charge on any atom is 0.243 e. The van der Waals surface area contributed by atoms with Crippen molar-refractivity contribution in [1.82, 2.24) is 15.1 Å². The molecule has 1 atom stereocenters. The second kappa shape index (κ2) is 12.1. The molecule has 0 radical (unpaired) electrons. The van der Waals surface area contributed by atoms with Crippen LogP contribution in [0.2, 0.25) is 0 Å². The fraction of sp³-hybridized carbons (Fsp3) is 0.464. The van der Waals surface area contributed by atoms with Gasteiger partial charge in [-0.2, -0.15) is 0 Å². The van der Waals surface area contributed by atoms with Crippen molar-refractivity contribution in [2.24, 2.45) is 0 Å². The van der Waals surface area contributed by atoms with E-state index in [1.54, 1.807) is 12.0 Å². The summed E-state index contributed by atoms with van der Waals surface area (Å²) in [5, 5.41) is 5.66. The third kappa shape index (κ3) is 6.80. The topological polar surface area (TPSA) is 94.2 Å². The van der Waals surface area contributed by atoms with Crippen molar-refractivity contribution in [2.45, 2.75) is 32.2 Å². The predicted molar refractivity (Wildman–Crippen MR) is 144 cm³/mol. The Balaban J connectivity index is 1.30. The summed E-state index contributed by atoms with van der Waals surface area (Å²) in [5.74, 6) is 0.540. The van der Waals surface area contributed by atoms with Gasteiger partial charge in [-0.25, -0.2) is 0 Å². The van der Waals surface area contributed by atoms with E-state index in [4.69, 9.17) is 4.74 Å². The number of methoxy groups -OCH3 is 1. The lowest BCUT2D eigenvalue weighted by Gasteiger charge is -2.39. The smallest absolute Gasteiger partial charge is 0.243 e. The van der Waals surface area contributed by atoms with Gasteiger partial charge in [0.15, 0.2) is 0 Å². The molecular formula is C28H37N5O4. The molecular weight excluding hydrogens is 470 g/mol. The van der Waals surface area contributed by atoms with Gasteiger partial charge in [-0.1, -0.05) is 26.0 Å². The summed E-state index contributed by atoms with van der Waals surface area (Å²) in [6.45, 7) is 8.36. The largest absolute Gasteiger partial charge is 0.497 e. The number of ether oxygens (including phenoxy) is 1. The fourth-order valence-electron chi connectivity index (χ4n) is 4.79. The van der Waals surface area contributed by atoms with Crippen molar-refractivity contribution in [3.63, 3.8) is 0 Å². The molecule has 2 fully saturated rings. The molecule has 0 aromatic heterocycles. The van der Waals surface area contributed by atoms with Crippen LogP contribution in [0, 0.1) is 0 Å². The zero-order chi connectivity index (χ0) is 26.4. The Morgan fingerprint density at radius 3 is 2.30 bits per heavy atom. The molecule has 0 aliphatic carbocycles. The molecule has 2 aromatic rings. The summed E-state index contributed by atoms with van der Waals surface area (Å²) >= 11 is 0. The molecule has 0 saturated carbocycles. The van der Waals surface area contributed by atoms with Crippen molar-refractivity contribution in [3.05, 3.63) is 54.1 Å². The SMILES string of the molecule is COc1ccc(N2CCN(CC(=O)N3CCNC(=O)[C@@H]3CC(=O)Nc3ccc(C(C)C)cc3)CC2)cc1. The lowest BCUT2D eigenvalue weighted by atomic mass is 10.0. The standard InChI is InChI=1S/C28H37N5O4/c1-20(2)21-4-6-22(7-5-21)30-26(34)18-25-28(36)29-12-13-33(25)27(35)19-31-14-16-32(17-15-31)23-8-10-24(37-3)11-9-23/h4-11,20,25H,12-19H2,1-3H3,(H,29,36)(H,30,34)/t25-/m0/s1. The van der Waals surface area contributed by atoms with Gasteiger partial charge in [0.25, 0.3) is 0 Å². The van der Waals surface area contributed by atoms with Crippen LogP contribution in [0.1, 0.15) is 31.7 Å². The third-order valence-electron chi connectivity index (χ3n) is 7.06. The van der Waals surface area contributed by atoms with Crippen LogP contribution < -0.4 is 20.3 Å². The van der Waals surface area contributed by atoms with Crippen molar-refractivity contribution in [1.29, 1.82) is 0 Å². The zero-order valence-electron chi connectivity index (χ0n) is 21.9. The molecule has 2 aliphatic rings. The minimum Gasteiger partial charge on any atom is -0.497 e. The van der Waals surface area contributed by atoms with E-state index in [0.717, 1.165) is 37.6 Å². The monoisotopic (exact) mass is 507 g/mol. The maximum atomic E-state index is 13.2. The summed E-state index contributed by atoms with van der Waals surface area (Å²) < 4.78 is 5.23. The molecule has 2 aromatic carbocycles. The molecule has 2 N–H and O–H groups in total. The zero-order valence-corrected chi connectivity index (χ0v) is 21.9. The first-order valence-electron chi connectivity index (χ1n) is 12.9. The number of anilines is 2. The molecule has 2 heterocycles. The molecule has 0 bridgehead atoms. The number of rotatable bonds is 8. The molecule has 3 amide bonds. The van der Waals surface area contributed by atoms with E-state index in [2.05, 4.69) is 34.3 Å². The van der Waals surface area contributed by atoms with Gasteiger partial charge >= 0.3 is 0 Å². The highest BCUT2D eigenvalue weighted by molar-refractivity contribution is 5.97. The number of nitrogens with one attached hydrogen (secondary N) is 2. The fourth-order valence-corrected chi connectivity index (χ4v) is 4.79. The maximum absolute atomic E-state index is 13.2. The number of benzene rings is 2. The lowest BCUT2D eigenvalue weighted by Crippen LogP contribution is -2.60. The van der Waals surface area contributed by atoms with E-state index in [1.165, 1.54) is 5.56 Å². The van der Waals surface area contributed by atoms with Crippen molar-refractivity contribution in [3.8, 4) is 5.75 Å². The van der Waals surface area contributed by atoms with Gasteiger partial charge in [-0.05, 0) is 47.9 Å². The molecule has 37 heavy (non-hydrogen) atoms. The average molecular weight is 508 g/mol. The van der Waals surface area contributed by atoms with Crippen LogP contribution in [0.3, 0.4) is 0 Å². The number of piperazine rings is 2. The van der Waals surface area contributed by atoms with Crippen LogP contribution >= 0.6 is 0 Å². The Morgan fingerprint density at radius 2 is 1.68 bits per heavy atom. The summed E-state index contributed by atoms with van der Waals surface area (Å²) in [4.78, 5) is 44.6. The number of amides is 3. The molecule has 0 unspecified atom stereocenters. The molecule has 2 aliphatic heterocycles. The van der Waals surface area contributed by atoms with Gasteiger partial charge < -0.3 is 25.2 Å². The first-order valence-corrected chi connectivity index (χ1v) is 12.9. The van der Waals surface area contributed by atoms with Gasteiger partial charge in [0.2, 0.25) is 17.7 Å². The van der Waals surface area contributed by atoms with Crippen LogP contribution in [-0.4, -0.2) is 86.5 Å². The van der Waals surface area contributed by atoms with Gasteiger partial charge in [0, 0.05) is 50.6 Å². The Bertz CT molecular complexity index is 1080. The summed E-state index contributed by atoms with van der Waals surface area (Å²) in [6.07, 6.45) is -0.0747. The van der Waals surface area contributed by atoms with E-state index in [0.29, 0.717) is 24.7 Å². The lowest BCUT2D eigenvalue weighted by molar-refractivity contribution is -0.145. The second-order valence-corrected chi connectivity index (χ2v) is 9.88. The summed E-state index contributed by atoms with van der Waals surface area (Å²) in [7, 11) is 1.65. The Hall–Kier alpha value is -3.59. The number of hydrogen-bond acceptors (Lipinski definition) is 6. The van der Waals surface area contributed by atoms with Gasteiger partial charge in [0.1, 0.15) is 11.8 Å². The Kier molecular flexibility index (Phi) is 8.66. The Morgan fingerprint density at radius 1 is 1.00 bits per heavy atom. The van der Waals surface area contributed by atoms with E-state index in [9.17, 15) is 14.4 Å². The molecule has 9 heteroatoms. The highest BCUT2D eigenvalue weighted by Gasteiger charge is 2.35. The first-order chi connectivity index (χ1) is 17.8. The van der Waals surface area contributed by atoms with Crippen molar-refractivity contribution in [2.75, 3.05) is 63.1 Å². The van der Waals surface area contributed by atoms with Crippen LogP contribution in [0.25, 0.3) is 0 Å². The minimum absolute atomic E-state index is 0.0747. The number of nitrogens with zero attached hydrogens (tertiary/aromatic N) is 3. The molecule has 9 nitrogen and oxygen atoms in total. The quantitative estimate of drug-likeness (QED) is 0.570. The highest BCUT2D eigenvalue weighted by Crippen LogP contribution is 2.21. The van der Waals surface area contributed by atoms with Crippen LogP contribution in [0.4, 0.5) is 11.4 Å². The predicted octanol–water partition coefficient (Wildman–Crippen LogP) is 2.30.